The van der Waals surface area contributed by atoms with E-state index in [1.807, 2.05) is 67.6 Å². The number of hydrogen-bond donors (Lipinski definition) is 1. The van der Waals surface area contributed by atoms with Gasteiger partial charge in [-0.05, 0) is 61.7 Å². The van der Waals surface area contributed by atoms with Gasteiger partial charge in [-0.15, -0.1) is 0 Å². The summed E-state index contributed by atoms with van der Waals surface area (Å²) in [6.07, 6.45) is 1.60. The molecule has 1 aliphatic heterocycles. The van der Waals surface area contributed by atoms with E-state index in [0.717, 1.165) is 41.2 Å². The number of carbonyl (C=O) groups excluding carboxylic acids is 1. The quantitative estimate of drug-likeness (QED) is 0.640. The van der Waals surface area contributed by atoms with Crippen LogP contribution < -0.4 is 19.5 Å². The van der Waals surface area contributed by atoms with Crippen LogP contribution >= 0.6 is 0 Å². The minimum absolute atomic E-state index is 0. The Morgan fingerprint density at radius 2 is 1.93 bits per heavy atom. The van der Waals surface area contributed by atoms with Crippen LogP contribution in [-0.2, 0) is 10.2 Å². The first-order valence-electron chi connectivity index (χ1n) is 10.1. The molecule has 5 rings (SSSR count). The molecule has 1 fully saturated rings. The van der Waals surface area contributed by atoms with E-state index in [0.29, 0.717) is 18.2 Å². The number of anilines is 1. The van der Waals surface area contributed by atoms with Gasteiger partial charge in [0.05, 0.1) is 17.7 Å². The Balaban J connectivity index is 0.00000231. The van der Waals surface area contributed by atoms with Gasteiger partial charge in [-0.1, -0.05) is 24.3 Å². The van der Waals surface area contributed by atoms with Crippen molar-refractivity contribution in [3.63, 3.8) is 0 Å². The first-order chi connectivity index (χ1) is 14.7. The van der Waals surface area contributed by atoms with Crippen molar-refractivity contribution in [2.24, 2.45) is 0 Å². The van der Waals surface area contributed by atoms with E-state index in [1.54, 1.807) is 0 Å². The number of hydrogen-bond acceptors (Lipinski definition) is 5. The van der Waals surface area contributed by atoms with Gasteiger partial charge in [0.1, 0.15) is 11.6 Å². The topological polar surface area (TPSA) is 69.7 Å². The maximum absolute atomic E-state index is 13.1. The summed E-state index contributed by atoms with van der Waals surface area (Å²) in [5.74, 6) is 2.70. The summed E-state index contributed by atoms with van der Waals surface area (Å²) in [6, 6.07) is 19.1. The fourth-order valence-corrected chi connectivity index (χ4v) is 3.78. The second kappa shape index (κ2) is 7.37. The third-order valence-corrected chi connectivity index (χ3v) is 5.54. The van der Waals surface area contributed by atoms with Crippen LogP contribution in [0.1, 0.15) is 26.8 Å². The Morgan fingerprint density at radius 1 is 1.10 bits per heavy atom. The number of amides is 1. The van der Waals surface area contributed by atoms with Gasteiger partial charge in [-0.25, -0.2) is 4.98 Å². The van der Waals surface area contributed by atoms with Crippen LogP contribution in [0.3, 0.4) is 0 Å². The third-order valence-electron chi connectivity index (χ3n) is 5.54. The number of pyridine rings is 1. The van der Waals surface area contributed by atoms with Crippen molar-refractivity contribution in [1.82, 2.24) is 4.98 Å². The van der Waals surface area contributed by atoms with Crippen LogP contribution in [-0.4, -0.2) is 24.3 Å². The van der Waals surface area contributed by atoms with Crippen LogP contribution in [0.2, 0.25) is 0 Å². The number of ether oxygens (including phenoxy) is 3. The van der Waals surface area contributed by atoms with E-state index in [1.165, 1.54) is 0 Å². The van der Waals surface area contributed by atoms with Crippen molar-refractivity contribution in [1.29, 1.82) is 0 Å². The number of aromatic nitrogens is 1. The number of benzene rings is 2. The lowest BCUT2D eigenvalue weighted by atomic mass is 9.94. The first-order valence-corrected chi connectivity index (χ1v) is 10.1. The second-order valence-electron chi connectivity index (χ2n) is 7.47. The predicted octanol–water partition coefficient (Wildman–Crippen LogP) is 4.79. The van der Waals surface area contributed by atoms with Crippen molar-refractivity contribution in [2.75, 3.05) is 18.7 Å². The molecule has 1 saturated carbocycles. The molecule has 6 nitrogen and oxygen atoms in total. The highest BCUT2D eigenvalue weighted by Crippen LogP contribution is 2.51. The molecule has 1 amide bonds. The van der Waals surface area contributed by atoms with Crippen molar-refractivity contribution in [3.05, 3.63) is 66.2 Å². The fourth-order valence-electron chi connectivity index (χ4n) is 3.78. The zero-order valence-corrected chi connectivity index (χ0v) is 16.7. The summed E-state index contributed by atoms with van der Waals surface area (Å²) in [6.45, 7) is 2.78. The second-order valence-corrected chi connectivity index (χ2v) is 7.47. The van der Waals surface area contributed by atoms with Gasteiger partial charge >= 0.3 is 0 Å². The summed E-state index contributed by atoms with van der Waals surface area (Å²) in [5.41, 5.74) is 2.13. The predicted molar refractivity (Wildman–Crippen MR) is 115 cm³/mol. The molecule has 0 unspecified atom stereocenters. The molecule has 2 aromatic carbocycles. The molecule has 0 saturated heterocycles. The van der Waals surface area contributed by atoms with Crippen LogP contribution in [0, 0.1) is 0 Å². The van der Waals surface area contributed by atoms with Crippen LogP contribution in [0.25, 0.3) is 11.3 Å². The van der Waals surface area contributed by atoms with Gasteiger partial charge in [-0.2, -0.15) is 0 Å². The molecule has 1 N–H and O–H groups in total. The minimum Gasteiger partial charge on any atom is -0.494 e. The highest BCUT2D eigenvalue weighted by molar-refractivity contribution is 6.01. The third kappa shape index (κ3) is 3.34. The molecular weight excluding hydrogens is 380 g/mol. The maximum Gasteiger partial charge on any atom is 0.236 e. The van der Waals surface area contributed by atoms with E-state index in [9.17, 15) is 4.79 Å². The van der Waals surface area contributed by atoms with Gasteiger partial charge in [-0.3, -0.25) is 4.79 Å². The van der Waals surface area contributed by atoms with Gasteiger partial charge in [0.15, 0.2) is 11.5 Å². The van der Waals surface area contributed by atoms with Crippen LogP contribution in [0.5, 0.6) is 17.2 Å². The Bertz CT molecular complexity index is 1110. The van der Waals surface area contributed by atoms with Crippen molar-refractivity contribution in [2.45, 2.75) is 25.2 Å². The standard InChI is InChI=1S/C24H22N2O4.H2/c1-2-28-18-6-3-5-16(13-18)19-7-4-8-22(25-19)26-23(27)24(11-12-24)17-9-10-20-21(14-17)30-15-29-20;/h3-10,13-14H,2,11-12,15H2,1H3,(H,25,26,27);1H. The van der Waals surface area contributed by atoms with E-state index < -0.39 is 5.41 Å². The summed E-state index contributed by atoms with van der Waals surface area (Å²) in [4.78, 5) is 17.8. The molecule has 154 valence electrons. The average Bonchev–Trinajstić information content (AvgIpc) is 3.45. The highest BCUT2D eigenvalue weighted by atomic mass is 16.7. The Labute approximate surface area is 176 Å². The summed E-state index contributed by atoms with van der Waals surface area (Å²) in [5, 5.41) is 3.01. The number of fused-ring (bicyclic) bond motifs is 1. The molecule has 0 radical (unpaired) electrons. The Kier molecular flexibility index (Phi) is 4.54. The largest absolute Gasteiger partial charge is 0.494 e. The molecule has 0 atom stereocenters. The normalized spacial score (nSPS) is 15.5. The highest BCUT2D eigenvalue weighted by Gasteiger charge is 2.51. The van der Waals surface area contributed by atoms with Gasteiger partial charge < -0.3 is 19.5 Å². The van der Waals surface area contributed by atoms with Crippen molar-refractivity contribution >= 4 is 11.7 Å². The van der Waals surface area contributed by atoms with Crippen molar-refractivity contribution in [3.8, 4) is 28.5 Å². The van der Waals surface area contributed by atoms with E-state index in [4.69, 9.17) is 14.2 Å². The van der Waals surface area contributed by atoms with Gasteiger partial charge in [0, 0.05) is 6.99 Å². The van der Waals surface area contributed by atoms with Crippen LogP contribution in [0.15, 0.2) is 60.7 Å². The SMILES string of the molecule is CCOc1cccc(-c2cccc(NC(=O)C3(c4ccc5c(c4)OCO5)CC3)n2)c1.[HH]. The van der Waals surface area contributed by atoms with E-state index in [2.05, 4.69) is 10.3 Å². The molecule has 3 aromatic rings. The minimum atomic E-state index is -0.534. The number of nitrogens with one attached hydrogen (secondary N) is 1. The van der Waals surface area contributed by atoms with E-state index in [-0.39, 0.29) is 14.1 Å². The lowest BCUT2D eigenvalue weighted by Crippen LogP contribution is -2.28. The smallest absolute Gasteiger partial charge is 0.236 e. The summed E-state index contributed by atoms with van der Waals surface area (Å²) < 4.78 is 16.4. The molecule has 0 bridgehead atoms. The zero-order valence-electron chi connectivity index (χ0n) is 16.7. The lowest BCUT2D eigenvalue weighted by molar-refractivity contribution is -0.118. The Morgan fingerprint density at radius 3 is 2.77 bits per heavy atom. The van der Waals surface area contributed by atoms with Crippen LogP contribution in [0.4, 0.5) is 5.82 Å². The van der Waals surface area contributed by atoms with E-state index >= 15 is 0 Å². The van der Waals surface area contributed by atoms with Gasteiger partial charge in [0.25, 0.3) is 0 Å². The molecular formula is C24H24N2O4. The molecule has 30 heavy (non-hydrogen) atoms. The van der Waals surface area contributed by atoms with Crippen molar-refractivity contribution < 1.29 is 20.4 Å². The molecule has 2 aliphatic rings. The average molecular weight is 404 g/mol. The molecule has 0 spiro atoms. The zero-order chi connectivity index (χ0) is 20.6. The number of nitrogens with zero attached hydrogens (tertiary/aromatic N) is 1. The van der Waals surface area contributed by atoms with Gasteiger partial charge in [0.2, 0.25) is 12.7 Å². The first kappa shape index (κ1) is 18.5. The fraction of sp³-hybridized carbons (Fsp3) is 0.250. The molecule has 1 aliphatic carbocycles. The maximum atomic E-state index is 13.1. The summed E-state index contributed by atoms with van der Waals surface area (Å²) >= 11 is 0. The lowest BCUT2D eigenvalue weighted by Gasteiger charge is -2.16. The monoisotopic (exact) mass is 404 g/mol. The molecule has 1 aromatic heterocycles. The number of rotatable bonds is 6. The molecule has 6 heteroatoms. The summed E-state index contributed by atoms with van der Waals surface area (Å²) in [7, 11) is 0. The molecule has 2 heterocycles. The number of carbonyl (C=O) groups is 1. The Hall–Kier alpha value is -3.54.